The van der Waals surface area contributed by atoms with Crippen molar-refractivity contribution in [1.29, 1.82) is 0 Å². The smallest absolute Gasteiger partial charge is 0.256 e. The van der Waals surface area contributed by atoms with Crippen molar-refractivity contribution < 1.29 is 17.6 Å². The van der Waals surface area contributed by atoms with Crippen molar-refractivity contribution in [2.45, 2.75) is 38.0 Å². The first-order chi connectivity index (χ1) is 12.8. The molecular weight excluding hydrogens is 367 g/mol. The number of halogens is 1. The van der Waals surface area contributed by atoms with Crippen molar-refractivity contribution in [2.75, 3.05) is 18.4 Å². The van der Waals surface area contributed by atoms with Gasteiger partial charge in [0, 0.05) is 24.3 Å². The normalized spacial score (nSPS) is 15.5. The maximum Gasteiger partial charge on any atom is 0.256 e. The standard InChI is InChI=1S/C20H23FN2O3S/c1-14-6-8-16(21)12-18(14)20(24)22-19-13-17(9-7-15(19)2)27(25,26)23-10-4-3-5-11-23/h6-9,12-13H,3-5,10-11H2,1-2H3,(H,22,24). The number of anilines is 1. The van der Waals surface area contributed by atoms with Crippen LogP contribution in [0.15, 0.2) is 41.3 Å². The lowest BCUT2D eigenvalue weighted by molar-refractivity contribution is 0.102. The first-order valence-electron chi connectivity index (χ1n) is 8.97. The van der Waals surface area contributed by atoms with E-state index in [4.69, 9.17) is 0 Å². The summed E-state index contributed by atoms with van der Waals surface area (Å²) < 4.78 is 40.7. The van der Waals surface area contributed by atoms with Crippen molar-refractivity contribution in [3.63, 3.8) is 0 Å². The molecule has 144 valence electrons. The third-order valence-corrected chi connectivity index (χ3v) is 6.75. The van der Waals surface area contributed by atoms with E-state index in [0.717, 1.165) is 24.8 Å². The number of carbonyl (C=O) groups excluding carboxylic acids is 1. The number of piperidine rings is 1. The Morgan fingerprint density at radius 2 is 1.67 bits per heavy atom. The van der Waals surface area contributed by atoms with Gasteiger partial charge in [0.25, 0.3) is 5.91 Å². The molecule has 2 aromatic carbocycles. The average molecular weight is 390 g/mol. The average Bonchev–Trinajstić information content (AvgIpc) is 2.66. The Morgan fingerprint density at radius 1 is 1.00 bits per heavy atom. The number of benzene rings is 2. The Hall–Kier alpha value is -2.25. The summed E-state index contributed by atoms with van der Waals surface area (Å²) in [4.78, 5) is 12.7. The van der Waals surface area contributed by atoms with E-state index < -0.39 is 21.7 Å². The highest BCUT2D eigenvalue weighted by Gasteiger charge is 2.26. The van der Waals surface area contributed by atoms with Crippen molar-refractivity contribution in [2.24, 2.45) is 0 Å². The van der Waals surface area contributed by atoms with E-state index in [1.165, 1.54) is 28.6 Å². The summed E-state index contributed by atoms with van der Waals surface area (Å²) in [5.41, 5.74) is 2.00. The van der Waals surface area contributed by atoms with Gasteiger partial charge in [0.1, 0.15) is 5.82 Å². The Morgan fingerprint density at radius 3 is 2.37 bits per heavy atom. The molecule has 0 radical (unpaired) electrons. The molecule has 0 atom stereocenters. The van der Waals surface area contributed by atoms with Crippen LogP contribution in [0.5, 0.6) is 0 Å². The van der Waals surface area contributed by atoms with E-state index in [9.17, 15) is 17.6 Å². The van der Waals surface area contributed by atoms with E-state index in [0.29, 0.717) is 24.3 Å². The molecule has 2 aromatic rings. The van der Waals surface area contributed by atoms with Crippen LogP contribution >= 0.6 is 0 Å². The fourth-order valence-electron chi connectivity index (χ4n) is 3.18. The molecule has 3 rings (SSSR count). The van der Waals surface area contributed by atoms with Crippen LogP contribution < -0.4 is 5.32 Å². The van der Waals surface area contributed by atoms with E-state index in [1.807, 2.05) is 0 Å². The molecule has 1 N–H and O–H groups in total. The molecule has 0 spiro atoms. The molecule has 0 saturated carbocycles. The third-order valence-electron chi connectivity index (χ3n) is 4.85. The molecule has 1 aliphatic heterocycles. The number of hydrogen-bond donors (Lipinski definition) is 1. The monoisotopic (exact) mass is 390 g/mol. The number of hydrogen-bond acceptors (Lipinski definition) is 3. The summed E-state index contributed by atoms with van der Waals surface area (Å²) in [5.74, 6) is -0.966. The van der Waals surface area contributed by atoms with Crippen LogP contribution in [0.25, 0.3) is 0 Å². The third kappa shape index (κ3) is 4.20. The van der Waals surface area contributed by atoms with Gasteiger partial charge in [-0.05, 0) is 62.1 Å². The second-order valence-electron chi connectivity index (χ2n) is 6.85. The molecule has 1 saturated heterocycles. The predicted octanol–water partition coefficient (Wildman–Crippen LogP) is 3.87. The first kappa shape index (κ1) is 19.5. The number of rotatable bonds is 4. The lowest BCUT2D eigenvalue weighted by Crippen LogP contribution is -2.35. The summed E-state index contributed by atoms with van der Waals surface area (Å²) in [6.45, 7) is 4.53. The maximum atomic E-state index is 13.5. The molecule has 0 bridgehead atoms. The van der Waals surface area contributed by atoms with Crippen LogP contribution in [0, 0.1) is 19.7 Å². The molecule has 5 nitrogen and oxygen atoms in total. The minimum atomic E-state index is -3.59. The van der Waals surface area contributed by atoms with Gasteiger partial charge in [-0.2, -0.15) is 4.31 Å². The number of nitrogens with zero attached hydrogens (tertiary/aromatic N) is 1. The van der Waals surface area contributed by atoms with Crippen LogP contribution in [0.1, 0.15) is 40.7 Å². The van der Waals surface area contributed by atoms with Crippen LogP contribution in [-0.2, 0) is 10.0 Å². The minimum Gasteiger partial charge on any atom is -0.322 e. The van der Waals surface area contributed by atoms with Crippen molar-refractivity contribution in [1.82, 2.24) is 4.31 Å². The molecule has 0 unspecified atom stereocenters. The quantitative estimate of drug-likeness (QED) is 0.862. The molecule has 0 aliphatic carbocycles. The second kappa shape index (κ2) is 7.78. The Labute approximate surface area is 159 Å². The molecule has 7 heteroatoms. The van der Waals surface area contributed by atoms with Gasteiger partial charge in [-0.15, -0.1) is 0 Å². The van der Waals surface area contributed by atoms with Gasteiger partial charge in [-0.1, -0.05) is 18.6 Å². The highest BCUT2D eigenvalue weighted by molar-refractivity contribution is 7.89. The summed E-state index contributed by atoms with van der Waals surface area (Å²) in [7, 11) is -3.59. The molecular formula is C20H23FN2O3S. The largest absolute Gasteiger partial charge is 0.322 e. The van der Waals surface area contributed by atoms with Crippen LogP contribution in [0.2, 0.25) is 0 Å². The number of nitrogens with one attached hydrogen (secondary N) is 1. The van der Waals surface area contributed by atoms with Gasteiger partial charge in [0.15, 0.2) is 0 Å². The first-order valence-corrected chi connectivity index (χ1v) is 10.4. The zero-order valence-electron chi connectivity index (χ0n) is 15.5. The fraction of sp³-hybridized carbons (Fsp3) is 0.350. The van der Waals surface area contributed by atoms with E-state index in [-0.39, 0.29) is 10.5 Å². The second-order valence-corrected chi connectivity index (χ2v) is 8.79. The molecule has 1 fully saturated rings. The molecule has 1 amide bonds. The van der Waals surface area contributed by atoms with Crippen molar-refractivity contribution in [3.8, 4) is 0 Å². The summed E-state index contributed by atoms with van der Waals surface area (Å²) in [5, 5.41) is 2.72. The molecule has 27 heavy (non-hydrogen) atoms. The lowest BCUT2D eigenvalue weighted by atomic mass is 10.1. The number of carbonyl (C=O) groups is 1. The van der Waals surface area contributed by atoms with Gasteiger partial charge >= 0.3 is 0 Å². The zero-order valence-corrected chi connectivity index (χ0v) is 16.3. The van der Waals surface area contributed by atoms with Gasteiger partial charge in [-0.3, -0.25) is 4.79 Å². The summed E-state index contributed by atoms with van der Waals surface area (Å²) in [6.07, 6.45) is 2.75. The maximum absolute atomic E-state index is 13.5. The topological polar surface area (TPSA) is 66.5 Å². The van der Waals surface area contributed by atoms with Crippen molar-refractivity contribution in [3.05, 3.63) is 58.9 Å². The molecule has 1 heterocycles. The van der Waals surface area contributed by atoms with Crippen molar-refractivity contribution >= 4 is 21.6 Å². The number of amides is 1. The minimum absolute atomic E-state index is 0.154. The Balaban J connectivity index is 1.89. The lowest BCUT2D eigenvalue weighted by Gasteiger charge is -2.26. The summed E-state index contributed by atoms with van der Waals surface area (Å²) >= 11 is 0. The number of sulfonamides is 1. The van der Waals surface area contributed by atoms with Crippen LogP contribution in [0.3, 0.4) is 0 Å². The van der Waals surface area contributed by atoms with Gasteiger partial charge in [0.05, 0.1) is 4.90 Å². The fourth-order valence-corrected chi connectivity index (χ4v) is 4.72. The predicted molar refractivity (Wildman–Crippen MR) is 103 cm³/mol. The van der Waals surface area contributed by atoms with Crippen LogP contribution in [-0.4, -0.2) is 31.7 Å². The SMILES string of the molecule is Cc1ccc(S(=O)(=O)N2CCCCC2)cc1NC(=O)c1cc(F)ccc1C. The highest BCUT2D eigenvalue weighted by atomic mass is 32.2. The van der Waals surface area contributed by atoms with E-state index >= 15 is 0 Å². The number of aryl methyl sites for hydroxylation is 2. The van der Waals surface area contributed by atoms with E-state index in [1.54, 1.807) is 26.0 Å². The van der Waals surface area contributed by atoms with Gasteiger partial charge < -0.3 is 5.32 Å². The van der Waals surface area contributed by atoms with E-state index in [2.05, 4.69) is 5.32 Å². The highest BCUT2D eigenvalue weighted by Crippen LogP contribution is 2.26. The Bertz CT molecular complexity index is 967. The van der Waals surface area contributed by atoms with Gasteiger partial charge in [-0.25, -0.2) is 12.8 Å². The van der Waals surface area contributed by atoms with Crippen LogP contribution in [0.4, 0.5) is 10.1 Å². The summed E-state index contributed by atoms with van der Waals surface area (Å²) in [6, 6.07) is 8.71. The molecule has 0 aromatic heterocycles. The Kier molecular flexibility index (Phi) is 5.62. The zero-order chi connectivity index (χ0) is 19.6. The van der Waals surface area contributed by atoms with Gasteiger partial charge in [0.2, 0.25) is 10.0 Å². The molecule has 1 aliphatic rings.